The Bertz CT molecular complexity index is 669. The molecule has 0 aliphatic rings. The van der Waals surface area contributed by atoms with Crippen molar-refractivity contribution in [2.45, 2.75) is 6.61 Å². The molecule has 0 amide bonds. The van der Waals surface area contributed by atoms with Crippen molar-refractivity contribution in [1.82, 2.24) is 15.1 Å². The molecule has 7 heteroatoms. The second-order valence-corrected chi connectivity index (χ2v) is 4.88. The van der Waals surface area contributed by atoms with Crippen molar-refractivity contribution in [3.8, 4) is 16.5 Å². The lowest BCUT2D eigenvalue weighted by atomic mass is 10.4. The van der Waals surface area contributed by atoms with Crippen LogP contribution in [0, 0.1) is 0 Å². The van der Waals surface area contributed by atoms with Crippen LogP contribution in [0.1, 0.15) is 5.89 Å². The molecule has 3 aromatic rings. The van der Waals surface area contributed by atoms with Crippen LogP contribution in [0.3, 0.4) is 0 Å². The summed E-state index contributed by atoms with van der Waals surface area (Å²) < 4.78 is 10.6. The number of pyridine rings is 1. The summed E-state index contributed by atoms with van der Waals surface area (Å²) in [5.74, 6) is 1.44. The van der Waals surface area contributed by atoms with Gasteiger partial charge in [-0.05, 0) is 23.6 Å². The van der Waals surface area contributed by atoms with Crippen molar-refractivity contribution in [2.24, 2.45) is 0 Å². The fraction of sp³-hybridized carbons (Fsp3) is 0.0833. The highest BCUT2D eigenvalue weighted by Crippen LogP contribution is 2.23. The minimum absolute atomic E-state index is 0.157. The molecule has 19 heavy (non-hydrogen) atoms. The third-order valence-corrected chi connectivity index (χ3v) is 3.44. The number of aromatic nitrogens is 3. The Morgan fingerprint density at radius 3 is 3.05 bits per heavy atom. The van der Waals surface area contributed by atoms with E-state index in [1.54, 1.807) is 29.7 Å². The highest BCUT2D eigenvalue weighted by Gasteiger charge is 2.10. The molecule has 0 spiro atoms. The minimum Gasteiger partial charge on any atom is -0.481 e. The van der Waals surface area contributed by atoms with E-state index in [-0.39, 0.29) is 6.61 Å². The standard InChI is InChI=1S/C12H8ClN3O2S/c13-11-8(3-1-5-14-11)17-7-10-15-12(16-18-10)9-4-2-6-19-9/h1-6H,7H2. The van der Waals surface area contributed by atoms with Gasteiger partial charge in [0.2, 0.25) is 5.82 Å². The highest BCUT2D eigenvalue weighted by atomic mass is 35.5. The molecule has 0 radical (unpaired) electrons. The summed E-state index contributed by atoms with van der Waals surface area (Å²) in [6.45, 7) is 0.157. The third-order valence-electron chi connectivity index (χ3n) is 2.29. The van der Waals surface area contributed by atoms with Gasteiger partial charge in [0.15, 0.2) is 17.5 Å². The van der Waals surface area contributed by atoms with E-state index in [0.717, 1.165) is 4.88 Å². The lowest BCUT2D eigenvalue weighted by Crippen LogP contribution is -1.96. The molecule has 0 aliphatic heterocycles. The number of halogens is 1. The number of ether oxygens (including phenoxy) is 1. The van der Waals surface area contributed by atoms with E-state index in [9.17, 15) is 0 Å². The third kappa shape index (κ3) is 2.74. The maximum absolute atomic E-state index is 5.88. The topological polar surface area (TPSA) is 61.0 Å². The normalized spacial score (nSPS) is 10.6. The van der Waals surface area contributed by atoms with Crippen LogP contribution in [-0.2, 0) is 6.61 Å². The summed E-state index contributed by atoms with van der Waals surface area (Å²) >= 11 is 7.43. The number of hydrogen-bond donors (Lipinski definition) is 0. The van der Waals surface area contributed by atoms with Crippen LogP contribution in [-0.4, -0.2) is 15.1 Å². The first-order chi connectivity index (χ1) is 9.33. The van der Waals surface area contributed by atoms with Gasteiger partial charge >= 0.3 is 0 Å². The summed E-state index contributed by atoms with van der Waals surface area (Å²) in [5.41, 5.74) is 0. The Labute approximate surface area is 117 Å². The van der Waals surface area contributed by atoms with Crippen LogP contribution in [0.4, 0.5) is 0 Å². The van der Waals surface area contributed by atoms with Gasteiger partial charge in [0.1, 0.15) is 0 Å². The molecular formula is C12H8ClN3O2S. The monoisotopic (exact) mass is 293 g/mol. The molecule has 3 rings (SSSR count). The van der Waals surface area contributed by atoms with Gasteiger partial charge in [-0.1, -0.05) is 22.8 Å². The molecule has 0 unspecified atom stereocenters. The molecule has 0 aromatic carbocycles. The Morgan fingerprint density at radius 2 is 2.26 bits per heavy atom. The lowest BCUT2D eigenvalue weighted by molar-refractivity contribution is 0.242. The number of rotatable bonds is 4. The zero-order chi connectivity index (χ0) is 13.1. The molecule has 0 aliphatic carbocycles. The average molecular weight is 294 g/mol. The van der Waals surface area contributed by atoms with Crippen LogP contribution in [0.25, 0.3) is 10.7 Å². The molecule has 3 heterocycles. The fourth-order valence-corrected chi connectivity index (χ4v) is 2.26. The van der Waals surface area contributed by atoms with E-state index in [2.05, 4.69) is 15.1 Å². The van der Waals surface area contributed by atoms with Crippen LogP contribution < -0.4 is 4.74 Å². The fourth-order valence-electron chi connectivity index (χ4n) is 1.44. The summed E-state index contributed by atoms with van der Waals surface area (Å²) in [5, 5.41) is 6.15. The quantitative estimate of drug-likeness (QED) is 0.690. The van der Waals surface area contributed by atoms with Crippen LogP contribution in [0.5, 0.6) is 5.75 Å². The van der Waals surface area contributed by atoms with E-state index >= 15 is 0 Å². The predicted molar refractivity (Wildman–Crippen MR) is 71.2 cm³/mol. The lowest BCUT2D eigenvalue weighted by Gasteiger charge is -2.03. The van der Waals surface area contributed by atoms with Crippen LogP contribution in [0.15, 0.2) is 40.4 Å². The van der Waals surface area contributed by atoms with E-state index in [1.165, 1.54) is 0 Å². The molecular weight excluding hydrogens is 286 g/mol. The Morgan fingerprint density at radius 1 is 1.32 bits per heavy atom. The first-order valence-electron chi connectivity index (χ1n) is 5.43. The van der Waals surface area contributed by atoms with E-state index in [0.29, 0.717) is 22.6 Å². The van der Waals surface area contributed by atoms with E-state index in [1.807, 2.05) is 17.5 Å². The first kappa shape index (κ1) is 12.1. The van der Waals surface area contributed by atoms with Crippen LogP contribution in [0.2, 0.25) is 5.15 Å². The van der Waals surface area contributed by atoms with Gasteiger partial charge in [0.25, 0.3) is 5.89 Å². The molecule has 0 fully saturated rings. The van der Waals surface area contributed by atoms with Gasteiger partial charge in [-0.15, -0.1) is 11.3 Å². The molecule has 3 aromatic heterocycles. The Hall–Kier alpha value is -1.92. The second-order valence-electron chi connectivity index (χ2n) is 3.57. The maximum Gasteiger partial charge on any atom is 0.264 e. The number of hydrogen-bond acceptors (Lipinski definition) is 6. The average Bonchev–Trinajstić information content (AvgIpc) is 3.09. The van der Waals surface area contributed by atoms with Gasteiger partial charge in [-0.2, -0.15) is 4.98 Å². The van der Waals surface area contributed by atoms with Crippen molar-refractivity contribution in [3.63, 3.8) is 0 Å². The van der Waals surface area contributed by atoms with E-state index < -0.39 is 0 Å². The second kappa shape index (κ2) is 5.38. The number of nitrogens with zero attached hydrogens (tertiary/aromatic N) is 3. The summed E-state index contributed by atoms with van der Waals surface area (Å²) in [4.78, 5) is 9.11. The van der Waals surface area contributed by atoms with Crippen molar-refractivity contribution in [2.75, 3.05) is 0 Å². The summed E-state index contributed by atoms with van der Waals surface area (Å²) in [7, 11) is 0. The maximum atomic E-state index is 5.88. The first-order valence-corrected chi connectivity index (χ1v) is 6.68. The van der Waals surface area contributed by atoms with Crippen molar-refractivity contribution < 1.29 is 9.26 Å². The van der Waals surface area contributed by atoms with Gasteiger partial charge < -0.3 is 9.26 Å². The van der Waals surface area contributed by atoms with Gasteiger partial charge in [0, 0.05) is 6.20 Å². The van der Waals surface area contributed by atoms with Crippen molar-refractivity contribution in [1.29, 1.82) is 0 Å². The summed E-state index contributed by atoms with van der Waals surface area (Å²) in [6, 6.07) is 7.33. The van der Waals surface area contributed by atoms with Crippen LogP contribution >= 0.6 is 22.9 Å². The Kier molecular flexibility index (Phi) is 3.43. The van der Waals surface area contributed by atoms with E-state index in [4.69, 9.17) is 20.9 Å². The number of thiophene rings is 1. The molecule has 96 valence electrons. The predicted octanol–water partition coefficient (Wildman–Crippen LogP) is 3.43. The smallest absolute Gasteiger partial charge is 0.264 e. The zero-order valence-corrected chi connectivity index (χ0v) is 11.2. The molecule has 0 atom stereocenters. The molecule has 0 N–H and O–H groups in total. The molecule has 0 bridgehead atoms. The summed E-state index contributed by atoms with van der Waals surface area (Å²) in [6.07, 6.45) is 1.59. The zero-order valence-electron chi connectivity index (χ0n) is 9.62. The van der Waals surface area contributed by atoms with Gasteiger partial charge in [0.05, 0.1) is 4.88 Å². The molecule has 0 saturated heterocycles. The van der Waals surface area contributed by atoms with Gasteiger partial charge in [-0.3, -0.25) is 0 Å². The highest BCUT2D eigenvalue weighted by molar-refractivity contribution is 7.13. The SMILES string of the molecule is Clc1ncccc1OCc1nc(-c2cccs2)no1. The van der Waals surface area contributed by atoms with Crippen molar-refractivity contribution >= 4 is 22.9 Å². The van der Waals surface area contributed by atoms with Gasteiger partial charge in [-0.25, -0.2) is 4.98 Å². The largest absolute Gasteiger partial charge is 0.481 e. The minimum atomic E-state index is 0.157. The Balaban J connectivity index is 1.70. The molecule has 5 nitrogen and oxygen atoms in total. The van der Waals surface area contributed by atoms with Crippen molar-refractivity contribution in [3.05, 3.63) is 46.9 Å². The molecule has 0 saturated carbocycles.